The molecule has 130 valence electrons. The summed E-state index contributed by atoms with van der Waals surface area (Å²) in [4.78, 5) is 25.4. The van der Waals surface area contributed by atoms with E-state index in [9.17, 15) is 18.0 Å². The van der Waals surface area contributed by atoms with E-state index in [4.69, 9.17) is 0 Å². The highest BCUT2D eigenvalue weighted by Gasteiger charge is 2.50. The molecule has 0 radical (unpaired) electrons. The summed E-state index contributed by atoms with van der Waals surface area (Å²) < 4.78 is 26.2. The highest BCUT2D eigenvalue weighted by atomic mass is 32.2. The number of Topliss-reactive ketones (excluding diaryl/α,β-unsaturated/α-hetero) is 2. The molecule has 4 aliphatic rings. The summed E-state index contributed by atoms with van der Waals surface area (Å²) in [5.41, 5.74) is 1.92. The van der Waals surface area contributed by atoms with Crippen molar-refractivity contribution < 1.29 is 18.0 Å². The van der Waals surface area contributed by atoms with Crippen LogP contribution in [0.25, 0.3) is 0 Å². The number of carbonyl (C=O) groups excluding carboxylic acids is 2. The molecule has 0 aromatic heterocycles. The molecule has 4 nitrogen and oxygen atoms in total. The molecule has 0 aliphatic heterocycles. The van der Waals surface area contributed by atoms with Crippen molar-refractivity contribution in [1.82, 2.24) is 0 Å². The molecule has 2 atom stereocenters. The van der Waals surface area contributed by atoms with Gasteiger partial charge in [-0.05, 0) is 37.8 Å². The zero-order chi connectivity index (χ0) is 17.6. The molecule has 0 unspecified atom stereocenters. The van der Waals surface area contributed by atoms with Crippen LogP contribution in [0.5, 0.6) is 0 Å². The van der Waals surface area contributed by atoms with Gasteiger partial charge in [-0.15, -0.1) is 0 Å². The fourth-order valence-electron chi connectivity index (χ4n) is 4.32. The molecule has 0 saturated carbocycles. The molecule has 0 saturated heterocycles. The molecule has 1 aromatic carbocycles. The Morgan fingerprint density at radius 2 is 1.44 bits per heavy atom. The fourth-order valence-corrected chi connectivity index (χ4v) is 5.98. The Morgan fingerprint density at radius 1 is 0.800 bits per heavy atom. The maximum absolute atomic E-state index is 13.1. The van der Waals surface area contributed by atoms with Gasteiger partial charge in [-0.1, -0.05) is 48.3 Å². The van der Waals surface area contributed by atoms with Crippen LogP contribution in [0.3, 0.4) is 0 Å². The van der Waals surface area contributed by atoms with E-state index in [-0.39, 0.29) is 9.80 Å². The molecule has 0 fully saturated rings. The van der Waals surface area contributed by atoms with Crippen LogP contribution in [0.15, 0.2) is 57.4 Å². The lowest BCUT2D eigenvalue weighted by Gasteiger charge is -2.38. The summed E-state index contributed by atoms with van der Waals surface area (Å²) in [6.45, 7) is 0. The number of benzene rings is 1. The molecule has 25 heavy (non-hydrogen) atoms. The molecule has 0 spiro atoms. The van der Waals surface area contributed by atoms with Gasteiger partial charge in [0.25, 0.3) is 0 Å². The van der Waals surface area contributed by atoms with Crippen LogP contribution in [-0.4, -0.2) is 20.0 Å². The van der Waals surface area contributed by atoms with Gasteiger partial charge in [-0.25, -0.2) is 8.42 Å². The van der Waals surface area contributed by atoms with E-state index >= 15 is 0 Å². The van der Waals surface area contributed by atoms with Crippen LogP contribution in [-0.2, 0) is 19.4 Å². The van der Waals surface area contributed by atoms with Crippen molar-refractivity contribution in [2.75, 3.05) is 0 Å². The smallest absolute Gasteiger partial charge is 0.211 e. The maximum atomic E-state index is 13.1. The molecule has 2 bridgehead atoms. The van der Waals surface area contributed by atoms with Crippen LogP contribution >= 0.6 is 0 Å². The summed E-state index contributed by atoms with van der Waals surface area (Å²) in [5, 5.41) is 0. The molecule has 1 aromatic rings. The first-order valence-electron chi connectivity index (χ1n) is 8.83. The van der Waals surface area contributed by atoms with Crippen molar-refractivity contribution in [3.8, 4) is 0 Å². The Hall–Kier alpha value is -2.01. The van der Waals surface area contributed by atoms with Gasteiger partial charge >= 0.3 is 0 Å². The van der Waals surface area contributed by atoms with Crippen molar-refractivity contribution in [3.05, 3.63) is 52.5 Å². The highest BCUT2D eigenvalue weighted by Crippen LogP contribution is 2.48. The second kappa shape index (κ2) is 6.06. The Labute approximate surface area is 147 Å². The third kappa shape index (κ3) is 2.53. The zero-order valence-corrected chi connectivity index (χ0v) is 14.7. The van der Waals surface area contributed by atoms with E-state index in [0.717, 1.165) is 49.7 Å². The van der Waals surface area contributed by atoms with Gasteiger partial charge in [-0.3, -0.25) is 9.59 Å². The summed E-state index contributed by atoms with van der Waals surface area (Å²) >= 11 is 0. The second-order valence-corrected chi connectivity index (χ2v) is 8.94. The summed E-state index contributed by atoms with van der Waals surface area (Å²) in [7, 11) is -3.77. The molecule has 5 rings (SSSR count). The quantitative estimate of drug-likeness (QED) is 0.602. The first kappa shape index (κ1) is 16.5. The van der Waals surface area contributed by atoms with E-state index in [1.54, 1.807) is 24.3 Å². The number of rotatable bonds is 2. The minimum Gasteiger partial charge on any atom is -0.290 e. The van der Waals surface area contributed by atoms with E-state index in [1.807, 2.05) is 0 Å². The minimum absolute atomic E-state index is 0.118. The van der Waals surface area contributed by atoms with Crippen LogP contribution < -0.4 is 0 Å². The lowest BCUT2D eigenvalue weighted by Crippen LogP contribution is -2.44. The lowest BCUT2D eigenvalue weighted by atomic mass is 9.66. The minimum atomic E-state index is -3.77. The molecule has 0 N–H and O–H groups in total. The van der Waals surface area contributed by atoms with Crippen LogP contribution in [0.2, 0.25) is 0 Å². The van der Waals surface area contributed by atoms with Crippen LogP contribution in [0, 0.1) is 11.8 Å². The Morgan fingerprint density at radius 3 is 2.12 bits per heavy atom. The van der Waals surface area contributed by atoms with Gasteiger partial charge in [0.2, 0.25) is 21.4 Å². The highest BCUT2D eigenvalue weighted by molar-refractivity contribution is 7.95. The average molecular weight is 356 g/mol. The number of sulfone groups is 1. The number of fused-ring (bicyclic) bond motifs is 1. The van der Waals surface area contributed by atoms with Gasteiger partial charge < -0.3 is 0 Å². The van der Waals surface area contributed by atoms with Crippen molar-refractivity contribution in [3.63, 3.8) is 0 Å². The van der Waals surface area contributed by atoms with Gasteiger partial charge in [0.1, 0.15) is 0 Å². The van der Waals surface area contributed by atoms with Crippen molar-refractivity contribution in [2.24, 2.45) is 11.8 Å². The molecular weight excluding hydrogens is 336 g/mol. The SMILES string of the molecule is O=C1C(=O)[C@H]2C(S(=O)(=O)c3ccccc3)=C[C@@H]1C1=C2CCCCCC1. The third-order valence-corrected chi connectivity index (χ3v) is 7.43. The Kier molecular flexibility index (Phi) is 3.99. The number of hydrogen-bond donors (Lipinski definition) is 0. The number of ketones is 2. The number of hydrogen-bond acceptors (Lipinski definition) is 4. The lowest BCUT2D eigenvalue weighted by molar-refractivity contribution is -0.140. The van der Waals surface area contributed by atoms with Crippen molar-refractivity contribution in [1.29, 1.82) is 0 Å². The fraction of sp³-hybridized carbons (Fsp3) is 0.400. The van der Waals surface area contributed by atoms with Crippen molar-refractivity contribution >= 4 is 21.4 Å². The third-order valence-electron chi connectivity index (χ3n) is 5.55. The Bertz CT molecular complexity index is 906. The number of carbonyl (C=O) groups is 2. The predicted molar refractivity (Wildman–Crippen MR) is 93.4 cm³/mol. The van der Waals surface area contributed by atoms with Crippen LogP contribution in [0.1, 0.15) is 38.5 Å². The molecular formula is C20H20O4S. The number of allylic oxidation sites excluding steroid dienone is 4. The molecule has 0 heterocycles. The largest absolute Gasteiger partial charge is 0.290 e. The van der Waals surface area contributed by atoms with Crippen LogP contribution in [0.4, 0.5) is 0 Å². The molecule has 5 heteroatoms. The first-order chi connectivity index (χ1) is 12.0. The Balaban J connectivity index is 1.85. The standard InChI is InChI=1S/C20H20O4S/c21-19-16-12-17(25(23,24)13-8-4-3-5-9-13)18(20(19)22)15-11-7-2-1-6-10-14(15)16/h3-5,8-9,12,16,18H,1-2,6-7,10-11H2/t16-,18-/m1/s1. The van der Waals surface area contributed by atoms with E-state index in [1.165, 1.54) is 12.1 Å². The summed E-state index contributed by atoms with van der Waals surface area (Å²) in [6.07, 6.45) is 7.22. The normalized spacial score (nSPS) is 26.8. The van der Waals surface area contributed by atoms with Gasteiger partial charge in [0, 0.05) is 0 Å². The van der Waals surface area contributed by atoms with E-state index < -0.39 is 33.2 Å². The maximum Gasteiger partial charge on any atom is 0.211 e. The average Bonchev–Trinajstić information content (AvgIpc) is 2.59. The summed E-state index contributed by atoms with van der Waals surface area (Å²) in [6, 6.07) is 8.17. The monoisotopic (exact) mass is 356 g/mol. The predicted octanol–water partition coefficient (Wildman–Crippen LogP) is 3.39. The van der Waals surface area contributed by atoms with E-state index in [0.29, 0.717) is 0 Å². The van der Waals surface area contributed by atoms with Crippen molar-refractivity contribution in [2.45, 2.75) is 43.4 Å². The molecule has 0 amide bonds. The zero-order valence-electron chi connectivity index (χ0n) is 13.9. The molecule has 4 aliphatic carbocycles. The first-order valence-corrected chi connectivity index (χ1v) is 10.3. The summed E-state index contributed by atoms with van der Waals surface area (Å²) in [5.74, 6) is -2.53. The van der Waals surface area contributed by atoms with Gasteiger partial charge in [-0.2, -0.15) is 0 Å². The topological polar surface area (TPSA) is 68.3 Å². The van der Waals surface area contributed by atoms with E-state index in [2.05, 4.69) is 0 Å². The van der Waals surface area contributed by atoms with Gasteiger partial charge in [0.15, 0.2) is 0 Å². The van der Waals surface area contributed by atoms with Gasteiger partial charge in [0.05, 0.1) is 21.6 Å². The second-order valence-electron chi connectivity index (χ2n) is 6.99.